The molecule has 0 aliphatic heterocycles. The number of hydrogen-bond acceptors (Lipinski definition) is 4. The predicted molar refractivity (Wildman–Crippen MR) is 101 cm³/mol. The lowest BCUT2D eigenvalue weighted by atomic mass is 10.2. The van der Waals surface area contributed by atoms with Gasteiger partial charge in [-0.15, -0.1) is 11.3 Å². The van der Waals surface area contributed by atoms with Gasteiger partial charge in [0, 0.05) is 19.3 Å². The Morgan fingerprint density at radius 1 is 1.24 bits per heavy atom. The summed E-state index contributed by atoms with van der Waals surface area (Å²) in [5.41, 5.74) is 1.55. The second-order valence-corrected chi connectivity index (χ2v) is 6.76. The number of hydrogen-bond donors (Lipinski definition) is 0. The molecule has 0 aliphatic carbocycles. The average Bonchev–Trinajstić information content (AvgIpc) is 3.07. The molecule has 1 aromatic carbocycles. The number of likely N-dealkylation sites (N-methyl/N-ethyl adjacent to an activating group) is 1. The maximum Gasteiger partial charge on any atom is 0.331 e. The number of benzene rings is 1. The highest BCUT2D eigenvalue weighted by Crippen LogP contribution is 2.18. The molecular weight excluding hydrogens is 338 g/mol. The Bertz CT molecular complexity index is 1060. The molecule has 0 spiro atoms. The fourth-order valence-corrected chi connectivity index (χ4v) is 3.74. The fourth-order valence-electron chi connectivity index (χ4n) is 2.87. The Labute approximate surface area is 148 Å². The summed E-state index contributed by atoms with van der Waals surface area (Å²) in [6.45, 7) is 4.25. The van der Waals surface area contributed by atoms with E-state index < -0.39 is 5.69 Å². The first-order valence-corrected chi connectivity index (χ1v) is 8.86. The lowest BCUT2D eigenvalue weighted by Crippen LogP contribution is -2.42. The van der Waals surface area contributed by atoms with E-state index in [0.29, 0.717) is 16.8 Å². The van der Waals surface area contributed by atoms with E-state index in [1.165, 1.54) is 23.0 Å². The van der Waals surface area contributed by atoms with Gasteiger partial charge in [-0.3, -0.25) is 18.7 Å². The van der Waals surface area contributed by atoms with Crippen molar-refractivity contribution < 1.29 is 4.79 Å². The molecule has 0 N–H and O–H groups in total. The molecule has 6 nitrogen and oxygen atoms in total. The molecule has 3 aromatic rings. The molecule has 1 amide bonds. The van der Waals surface area contributed by atoms with Gasteiger partial charge in [0.15, 0.2) is 0 Å². The van der Waals surface area contributed by atoms with Crippen LogP contribution in [-0.2, 0) is 18.4 Å². The summed E-state index contributed by atoms with van der Waals surface area (Å²) >= 11 is 1.27. The molecule has 0 aliphatic rings. The van der Waals surface area contributed by atoms with Crippen LogP contribution in [0.2, 0.25) is 0 Å². The molecule has 0 saturated carbocycles. The summed E-state index contributed by atoms with van der Waals surface area (Å²) in [4.78, 5) is 39.2. The van der Waals surface area contributed by atoms with Crippen LogP contribution in [-0.4, -0.2) is 21.6 Å². The molecule has 0 atom stereocenters. The van der Waals surface area contributed by atoms with E-state index in [4.69, 9.17) is 0 Å². The molecule has 0 fully saturated rings. The van der Waals surface area contributed by atoms with E-state index in [-0.39, 0.29) is 18.0 Å². The number of aryl methyl sites for hydroxylation is 1. The van der Waals surface area contributed by atoms with Crippen LogP contribution in [0.4, 0.5) is 5.69 Å². The minimum atomic E-state index is -0.482. The molecule has 0 unspecified atom stereocenters. The van der Waals surface area contributed by atoms with Crippen LogP contribution in [0.3, 0.4) is 0 Å². The predicted octanol–water partition coefficient (Wildman–Crippen LogP) is 2.12. The van der Waals surface area contributed by atoms with Crippen LogP contribution < -0.4 is 16.1 Å². The average molecular weight is 357 g/mol. The normalized spacial score (nSPS) is 11.0. The van der Waals surface area contributed by atoms with E-state index in [9.17, 15) is 14.4 Å². The Balaban J connectivity index is 2.03. The van der Waals surface area contributed by atoms with Crippen molar-refractivity contribution in [2.45, 2.75) is 20.4 Å². The van der Waals surface area contributed by atoms with Crippen molar-refractivity contribution >= 4 is 33.1 Å². The largest absolute Gasteiger partial charge is 0.331 e. The SMILES string of the molecule is CCN(C(=O)Cn1c(=O)n(C)c(=O)c2sccc21)c1cccc(C)c1. The first-order chi connectivity index (χ1) is 11.9. The number of thiophene rings is 1. The van der Waals surface area contributed by atoms with Gasteiger partial charge < -0.3 is 4.90 Å². The lowest BCUT2D eigenvalue weighted by Gasteiger charge is -2.22. The molecule has 2 heterocycles. The summed E-state index contributed by atoms with van der Waals surface area (Å²) in [6.07, 6.45) is 0. The number of aromatic nitrogens is 2. The van der Waals surface area contributed by atoms with E-state index in [1.54, 1.807) is 16.3 Å². The minimum Gasteiger partial charge on any atom is -0.311 e. The van der Waals surface area contributed by atoms with Crippen LogP contribution in [0.15, 0.2) is 45.3 Å². The molecular formula is C18H19N3O3S. The maximum atomic E-state index is 12.9. The van der Waals surface area contributed by atoms with Crippen LogP contribution in [0, 0.1) is 6.92 Å². The van der Waals surface area contributed by atoms with E-state index in [0.717, 1.165) is 15.8 Å². The van der Waals surface area contributed by atoms with Crippen molar-refractivity contribution in [2.24, 2.45) is 7.05 Å². The monoisotopic (exact) mass is 357 g/mol. The van der Waals surface area contributed by atoms with Gasteiger partial charge in [-0.2, -0.15) is 0 Å². The van der Waals surface area contributed by atoms with Gasteiger partial charge in [-0.25, -0.2) is 4.79 Å². The van der Waals surface area contributed by atoms with Gasteiger partial charge in [-0.1, -0.05) is 12.1 Å². The summed E-state index contributed by atoms with van der Waals surface area (Å²) in [6, 6.07) is 9.38. The number of fused-ring (bicyclic) bond motifs is 1. The standard InChI is InChI=1S/C18H19N3O3S/c1-4-20(13-7-5-6-12(2)10-13)15(22)11-21-14-8-9-25-16(14)17(23)19(3)18(21)24/h5-10H,4,11H2,1-3H3. The highest BCUT2D eigenvalue weighted by molar-refractivity contribution is 7.17. The first kappa shape index (κ1) is 17.2. The molecule has 130 valence electrons. The van der Waals surface area contributed by atoms with Crippen LogP contribution in [0.25, 0.3) is 10.2 Å². The number of nitrogens with zero attached hydrogens (tertiary/aromatic N) is 3. The van der Waals surface area contributed by atoms with Crippen molar-refractivity contribution in [3.8, 4) is 0 Å². The molecule has 3 rings (SSSR count). The Kier molecular flexibility index (Phi) is 4.59. The third-order valence-electron chi connectivity index (χ3n) is 4.18. The van der Waals surface area contributed by atoms with Crippen LogP contribution >= 0.6 is 11.3 Å². The van der Waals surface area contributed by atoms with E-state index in [2.05, 4.69) is 0 Å². The second kappa shape index (κ2) is 6.68. The number of anilines is 1. The van der Waals surface area contributed by atoms with Gasteiger partial charge in [0.05, 0.1) is 5.52 Å². The Morgan fingerprint density at radius 3 is 2.68 bits per heavy atom. The lowest BCUT2D eigenvalue weighted by molar-refractivity contribution is -0.119. The number of amides is 1. The molecule has 2 aromatic heterocycles. The summed E-state index contributed by atoms with van der Waals surface area (Å²) in [5.74, 6) is -0.193. The van der Waals surface area contributed by atoms with Gasteiger partial charge in [0.25, 0.3) is 5.56 Å². The summed E-state index contributed by atoms with van der Waals surface area (Å²) < 4.78 is 2.90. The highest BCUT2D eigenvalue weighted by Gasteiger charge is 2.19. The first-order valence-electron chi connectivity index (χ1n) is 7.98. The summed E-state index contributed by atoms with van der Waals surface area (Å²) in [7, 11) is 1.43. The van der Waals surface area contributed by atoms with Crippen molar-refractivity contribution in [2.75, 3.05) is 11.4 Å². The zero-order valence-corrected chi connectivity index (χ0v) is 15.2. The number of carbonyl (C=O) groups excluding carboxylic acids is 1. The number of carbonyl (C=O) groups is 1. The third kappa shape index (κ3) is 3.02. The van der Waals surface area contributed by atoms with Crippen molar-refractivity contribution in [1.82, 2.24) is 9.13 Å². The molecule has 0 saturated heterocycles. The van der Waals surface area contributed by atoms with Gasteiger partial charge in [0.1, 0.15) is 11.2 Å². The quantitative estimate of drug-likeness (QED) is 0.718. The molecule has 0 bridgehead atoms. The smallest absolute Gasteiger partial charge is 0.311 e. The zero-order chi connectivity index (χ0) is 18.1. The highest BCUT2D eigenvalue weighted by atomic mass is 32.1. The van der Waals surface area contributed by atoms with Crippen molar-refractivity contribution in [3.63, 3.8) is 0 Å². The van der Waals surface area contributed by atoms with Crippen molar-refractivity contribution in [1.29, 1.82) is 0 Å². The Morgan fingerprint density at radius 2 is 2.00 bits per heavy atom. The summed E-state index contributed by atoms with van der Waals surface area (Å²) in [5, 5.41) is 1.75. The topological polar surface area (TPSA) is 64.3 Å². The second-order valence-electron chi connectivity index (χ2n) is 5.84. The minimum absolute atomic E-state index is 0.109. The molecule has 0 radical (unpaired) electrons. The van der Waals surface area contributed by atoms with Gasteiger partial charge in [0.2, 0.25) is 5.91 Å². The van der Waals surface area contributed by atoms with Crippen LogP contribution in [0.1, 0.15) is 12.5 Å². The van der Waals surface area contributed by atoms with Gasteiger partial charge in [-0.05, 0) is 43.0 Å². The Hall–Kier alpha value is -2.67. The van der Waals surface area contributed by atoms with Crippen molar-refractivity contribution in [3.05, 3.63) is 62.1 Å². The molecule has 25 heavy (non-hydrogen) atoms. The maximum absolute atomic E-state index is 12.9. The van der Waals surface area contributed by atoms with E-state index in [1.807, 2.05) is 38.1 Å². The van der Waals surface area contributed by atoms with Crippen LogP contribution in [0.5, 0.6) is 0 Å². The van der Waals surface area contributed by atoms with E-state index >= 15 is 0 Å². The van der Waals surface area contributed by atoms with Gasteiger partial charge >= 0.3 is 5.69 Å². The molecule has 7 heteroatoms. The fraction of sp³-hybridized carbons (Fsp3) is 0.278. The number of rotatable bonds is 4. The third-order valence-corrected chi connectivity index (χ3v) is 5.07. The zero-order valence-electron chi connectivity index (χ0n) is 14.4.